The molecule has 0 saturated heterocycles. The minimum atomic E-state index is -4.25. The number of urea groups is 1. The molecule has 0 aliphatic carbocycles. The molecule has 0 aromatic heterocycles. The van der Waals surface area contributed by atoms with E-state index in [1.165, 1.54) is 30.2 Å². The summed E-state index contributed by atoms with van der Waals surface area (Å²) >= 11 is 0. The van der Waals surface area contributed by atoms with Crippen LogP contribution in [0.5, 0.6) is 11.5 Å². The van der Waals surface area contributed by atoms with E-state index >= 15 is 0 Å². The zero-order chi connectivity index (χ0) is 18.9. The monoisotopic (exact) mass is 381 g/mol. The Balaban J connectivity index is 1.90. The van der Waals surface area contributed by atoms with E-state index in [4.69, 9.17) is 9.88 Å². The van der Waals surface area contributed by atoms with Crippen LogP contribution in [-0.2, 0) is 23.4 Å². The molecule has 1 aliphatic rings. The summed E-state index contributed by atoms with van der Waals surface area (Å²) in [4.78, 5) is 13.7. The number of rotatable bonds is 5. The predicted octanol–water partition coefficient (Wildman–Crippen LogP) is 1.96. The number of hydrogen-bond donors (Lipinski definition) is 2. The van der Waals surface area contributed by atoms with Crippen LogP contribution >= 0.6 is 0 Å². The molecule has 0 atom stereocenters. The first-order chi connectivity index (χ1) is 12.3. The zero-order valence-corrected chi connectivity index (χ0v) is 14.5. The van der Waals surface area contributed by atoms with Gasteiger partial charge in [0.25, 0.3) is 0 Å². The standard InChI is InChI=1S/C16H16FN3O5S/c1-24-14-6-11-9-20(8-10-4-2-3-5-12(10)17)16(21)19-13(11)7-15(14)25-26(18,22)23/h2-7H,8-9H2,1H3,(H,19,21)(H2,18,22,23). The van der Waals surface area contributed by atoms with Gasteiger partial charge in [0.2, 0.25) is 0 Å². The van der Waals surface area contributed by atoms with Gasteiger partial charge in [0.1, 0.15) is 5.82 Å². The fourth-order valence-corrected chi connectivity index (χ4v) is 3.01. The Hall–Kier alpha value is -2.85. The van der Waals surface area contributed by atoms with Crippen LogP contribution in [0.25, 0.3) is 0 Å². The van der Waals surface area contributed by atoms with Gasteiger partial charge in [0.05, 0.1) is 19.3 Å². The molecule has 2 amide bonds. The van der Waals surface area contributed by atoms with Gasteiger partial charge in [0, 0.05) is 18.2 Å². The molecule has 0 spiro atoms. The van der Waals surface area contributed by atoms with Gasteiger partial charge in [-0.05, 0) is 17.7 Å². The molecule has 2 aromatic carbocycles. The number of anilines is 1. The summed E-state index contributed by atoms with van der Waals surface area (Å²) < 4.78 is 45.9. The fourth-order valence-electron chi connectivity index (χ4n) is 2.63. The van der Waals surface area contributed by atoms with Crippen LogP contribution in [0.15, 0.2) is 36.4 Å². The molecule has 0 fully saturated rings. The quantitative estimate of drug-likeness (QED) is 0.823. The first-order valence-electron chi connectivity index (χ1n) is 7.49. The summed E-state index contributed by atoms with van der Waals surface area (Å²) in [6.07, 6.45) is 0. The average Bonchev–Trinajstić information content (AvgIpc) is 2.56. The van der Waals surface area contributed by atoms with E-state index < -0.39 is 22.2 Å². The van der Waals surface area contributed by atoms with Crippen molar-refractivity contribution in [3.8, 4) is 11.5 Å². The molecule has 0 radical (unpaired) electrons. The third-order valence-electron chi connectivity index (χ3n) is 3.80. The second-order valence-corrected chi connectivity index (χ2v) is 6.77. The van der Waals surface area contributed by atoms with Crippen LogP contribution in [0.3, 0.4) is 0 Å². The number of methoxy groups -OCH3 is 1. The minimum Gasteiger partial charge on any atom is -0.493 e. The van der Waals surface area contributed by atoms with E-state index in [1.807, 2.05) is 0 Å². The maximum atomic E-state index is 13.8. The third kappa shape index (κ3) is 3.86. The van der Waals surface area contributed by atoms with Gasteiger partial charge in [-0.25, -0.2) is 9.18 Å². The number of nitrogens with two attached hydrogens (primary N) is 1. The van der Waals surface area contributed by atoms with Crippen LogP contribution in [0, 0.1) is 5.82 Å². The summed E-state index contributed by atoms with van der Waals surface area (Å²) in [5.41, 5.74) is 1.39. The summed E-state index contributed by atoms with van der Waals surface area (Å²) in [6, 6.07) is 8.58. The highest BCUT2D eigenvalue weighted by Gasteiger charge is 2.26. The lowest BCUT2D eigenvalue weighted by atomic mass is 10.1. The van der Waals surface area contributed by atoms with Crippen molar-refractivity contribution in [1.82, 2.24) is 4.90 Å². The molecule has 1 heterocycles. The highest BCUT2D eigenvalue weighted by Crippen LogP contribution is 2.37. The van der Waals surface area contributed by atoms with Gasteiger partial charge < -0.3 is 19.1 Å². The van der Waals surface area contributed by atoms with E-state index in [1.54, 1.807) is 18.2 Å². The van der Waals surface area contributed by atoms with E-state index in [0.717, 1.165) is 0 Å². The molecule has 0 unspecified atom stereocenters. The van der Waals surface area contributed by atoms with E-state index in [9.17, 15) is 17.6 Å². The number of ether oxygens (including phenoxy) is 1. The van der Waals surface area contributed by atoms with Crippen molar-refractivity contribution in [2.45, 2.75) is 13.1 Å². The topological polar surface area (TPSA) is 111 Å². The van der Waals surface area contributed by atoms with Crippen LogP contribution < -0.4 is 19.4 Å². The van der Waals surface area contributed by atoms with Crippen molar-refractivity contribution in [3.05, 3.63) is 53.3 Å². The number of halogens is 1. The number of hydrogen-bond acceptors (Lipinski definition) is 5. The molecule has 26 heavy (non-hydrogen) atoms. The van der Waals surface area contributed by atoms with Crippen molar-refractivity contribution in [2.75, 3.05) is 12.4 Å². The fraction of sp³-hybridized carbons (Fsp3) is 0.188. The molecule has 3 N–H and O–H groups in total. The second kappa shape index (κ2) is 6.81. The number of amides is 2. The first-order valence-corrected chi connectivity index (χ1v) is 8.96. The van der Waals surface area contributed by atoms with Crippen LogP contribution in [-0.4, -0.2) is 26.5 Å². The SMILES string of the molecule is COc1cc2c(cc1OS(N)(=O)=O)NC(=O)N(Cc1ccccc1F)C2. The molecule has 1 aliphatic heterocycles. The maximum Gasteiger partial charge on any atom is 0.380 e. The lowest BCUT2D eigenvalue weighted by Crippen LogP contribution is -2.38. The molecule has 0 saturated carbocycles. The molecule has 3 rings (SSSR count). The highest BCUT2D eigenvalue weighted by molar-refractivity contribution is 7.84. The van der Waals surface area contributed by atoms with Crippen LogP contribution in [0.2, 0.25) is 0 Å². The minimum absolute atomic E-state index is 0.0791. The molecule has 2 aromatic rings. The molecule has 10 heteroatoms. The molecule has 138 valence electrons. The van der Waals surface area contributed by atoms with Gasteiger partial charge in [-0.2, -0.15) is 13.6 Å². The van der Waals surface area contributed by atoms with Gasteiger partial charge in [0.15, 0.2) is 11.5 Å². The summed E-state index contributed by atoms with van der Waals surface area (Å²) in [7, 11) is -2.91. The van der Waals surface area contributed by atoms with E-state index in [-0.39, 0.29) is 24.6 Å². The lowest BCUT2D eigenvalue weighted by Gasteiger charge is -2.30. The number of fused-ring (bicyclic) bond motifs is 1. The zero-order valence-electron chi connectivity index (χ0n) is 13.7. The number of benzene rings is 2. The number of nitrogens with one attached hydrogen (secondary N) is 1. The molecule has 0 bridgehead atoms. The van der Waals surface area contributed by atoms with Crippen LogP contribution in [0.1, 0.15) is 11.1 Å². The average molecular weight is 381 g/mol. The van der Waals surface area contributed by atoms with Crippen molar-refractivity contribution < 1.29 is 26.5 Å². The van der Waals surface area contributed by atoms with E-state index in [0.29, 0.717) is 16.8 Å². The Morgan fingerprint density at radius 3 is 2.65 bits per heavy atom. The molecule has 8 nitrogen and oxygen atoms in total. The normalized spacial score (nSPS) is 13.8. The van der Waals surface area contributed by atoms with Gasteiger partial charge in [-0.3, -0.25) is 0 Å². The van der Waals surface area contributed by atoms with Crippen molar-refractivity contribution in [3.63, 3.8) is 0 Å². The molecular formula is C16H16FN3O5S. The van der Waals surface area contributed by atoms with Gasteiger partial charge >= 0.3 is 16.3 Å². The van der Waals surface area contributed by atoms with Crippen molar-refractivity contribution in [1.29, 1.82) is 0 Å². The summed E-state index contributed by atoms with van der Waals surface area (Å²) in [5.74, 6) is -0.406. The Labute approximate surface area is 149 Å². The van der Waals surface area contributed by atoms with Gasteiger partial charge in [-0.15, -0.1) is 0 Å². The number of carbonyl (C=O) groups excluding carboxylic acids is 1. The van der Waals surface area contributed by atoms with E-state index in [2.05, 4.69) is 9.50 Å². The Morgan fingerprint density at radius 1 is 1.27 bits per heavy atom. The Kier molecular flexibility index (Phi) is 4.70. The number of carbonyl (C=O) groups is 1. The lowest BCUT2D eigenvalue weighted by molar-refractivity contribution is 0.203. The molecular weight excluding hydrogens is 365 g/mol. The number of nitrogens with zero attached hydrogens (tertiary/aromatic N) is 1. The largest absolute Gasteiger partial charge is 0.493 e. The second-order valence-electron chi connectivity index (χ2n) is 5.61. The van der Waals surface area contributed by atoms with Crippen molar-refractivity contribution in [2.24, 2.45) is 5.14 Å². The van der Waals surface area contributed by atoms with Crippen LogP contribution in [0.4, 0.5) is 14.9 Å². The summed E-state index contributed by atoms with van der Waals surface area (Å²) in [5, 5.41) is 7.50. The first kappa shape index (κ1) is 18.0. The Bertz CT molecular complexity index is 964. The third-order valence-corrected chi connectivity index (χ3v) is 4.22. The highest BCUT2D eigenvalue weighted by atomic mass is 32.2. The maximum absolute atomic E-state index is 13.8. The van der Waals surface area contributed by atoms with Crippen molar-refractivity contribution >= 4 is 22.0 Å². The Morgan fingerprint density at radius 2 is 2.00 bits per heavy atom. The predicted molar refractivity (Wildman–Crippen MR) is 91.4 cm³/mol. The summed E-state index contributed by atoms with van der Waals surface area (Å²) in [6.45, 7) is 0.261. The smallest absolute Gasteiger partial charge is 0.380 e. The van der Waals surface area contributed by atoms with Gasteiger partial charge in [-0.1, -0.05) is 18.2 Å².